The van der Waals surface area contributed by atoms with Gasteiger partial charge in [-0.1, -0.05) is 26.0 Å². The van der Waals surface area contributed by atoms with Crippen molar-refractivity contribution >= 4 is 29.0 Å². The van der Waals surface area contributed by atoms with E-state index in [0.29, 0.717) is 63.1 Å². The minimum atomic E-state index is -0.452. The Balaban J connectivity index is 1.15. The van der Waals surface area contributed by atoms with E-state index in [0.717, 1.165) is 64.0 Å². The van der Waals surface area contributed by atoms with Gasteiger partial charge in [-0.05, 0) is 94.0 Å². The Morgan fingerprint density at radius 2 is 1.79 bits per heavy atom. The molecule has 3 heterocycles. The minimum Gasteiger partial charge on any atom is -0.495 e. The van der Waals surface area contributed by atoms with Crippen LogP contribution in [0.3, 0.4) is 0 Å². The number of rotatable bonds is 9. The number of carbonyl (C=O) groups excluding carboxylic acids is 2. The number of thiazole rings is 1. The number of nitrogens with zero attached hydrogens (tertiary/aromatic N) is 4. The van der Waals surface area contributed by atoms with Crippen LogP contribution < -0.4 is 9.64 Å². The van der Waals surface area contributed by atoms with Crippen LogP contribution in [0.4, 0.5) is 10.5 Å². The summed E-state index contributed by atoms with van der Waals surface area (Å²) in [5.41, 5.74) is 4.08. The first-order chi connectivity index (χ1) is 22.7. The molecule has 0 unspecified atom stereocenters. The van der Waals surface area contributed by atoms with Crippen molar-refractivity contribution in [2.24, 2.45) is 11.8 Å². The average Bonchev–Trinajstić information content (AvgIpc) is 3.57. The lowest BCUT2D eigenvalue weighted by molar-refractivity contribution is -0.124. The summed E-state index contributed by atoms with van der Waals surface area (Å²) >= 11 is 1.71. The number of amides is 2. The van der Waals surface area contributed by atoms with Crippen molar-refractivity contribution in [3.63, 3.8) is 0 Å². The first kappa shape index (κ1) is 33.4. The van der Waals surface area contributed by atoms with Gasteiger partial charge in [0.25, 0.3) is 0 Å². The summed E-state index contributed by atoms with van der Waals surface area (Å²) < 4.78 is 11.1. The Labute approximate surface area is 282 Å². The number of aromatic nitrogens is 2. The predicted octanol–water partition coefficient (Wildman–Crippen LogP) is 7.32. The fraction of sp³-hybridized carbons (Fsp3) is 0.568. The quantitative estimate of drug-likeness (QED) is 0.256. The summed E-state index contributed by atoms with van der Waals surface area (Å²) in [5, 5.41) is 10.6. The van der Waals surface area contributed by atoms with Crippen molar-refractivity contribution in [2.45, 2.75) is 96.2 Å². The number of aliphatic hydroxyl groups excluding tert-OH is 1. The largest absolute Gasteiger partial charge is 0.495 e. The molecule has 2 amide bonds. The Bertz CT molecular complexity index is 1540. The molecule has 2 aromatic heterocycles. The molecule has 2 saturated carbocycles. The molecule has 3 fully saturated rings. The number of aliphatic hydroxyl groups is 1. The molecule has 1 aliphatic heterocycles. The zero-order chi connectivity index (χ0) is 33.1. The summed E-state index contributed by atoms with van der Waals surface area (Å²) in [4.78, 5) is 41.0. The van der Waals surface area contributed by atoms with E-state index in [1.807, 2.05) is 24.1 Å². The number of carbonyl (C=O) groups is 2. The number of ether oxygens (including phenoxy) is 2. The lowest BCUT2D eigenvalue weighted by atomic mass is 9.79. The minimum absolute atomic E-state index is 0.113. The fourth-order valence-electron chi connectivity index (χ4n) is 7.22. The molecule has 1 N–H and O–H groups in total. The summed E-state index contributed by atoms with van der Waals surface area (Å²) in [5.74, 6) is 2.06. The molecule has 9 nitrogen and oxygen atoms in total. The van der Waals surface area contributed by atoms with Gasteiger partial charge in [-0.15, -0.1) is 11.3 Å². The lowest BCUT2D eigenvalue weighted by Gasteiger charge is -2.38. The molecule has 47 heavy (non-hydrogen) atoms. The van der Waals surface area contributed by atoms with Gasteiger partial charge in [0.1, 0.15) is 11.9 Å². The molecule has 1 saturated heterocycles. The maximum atomic E-state index is 14.4. The van der Waals surface area contributed by atoms with Crippen molar-refractivity contribution < 1.29 is 24.2 Å². The second-order valence-corrected chi connectivity index (χ2v) is 14.9. The van der Waals surface area contributed by atoms with Crippen molar-refractivity contribution in [2.75, 3.05) is 31.6 Å². The number of pyridine rings is 1. The van der Waals surface area contributed by atoms with Gasteiger partial charge < -0.3 is 24.4 Å². The third-order valence-electron chi connectivity index (χ3n) is 10.1. The van der Waals surface area contributed by atoms with Crippen molar-refractivity contribution in [1.82, 2.24) is 14.9 Å². The van der Waals surface area contributed by atoms with Crippen molar-refractivity contribution in [3.8, 4) is 16.2 Å². The standard InChI is InChI=1S/C37H48N4O5S/c1-23(2)35-38-19-34(47-35)28-6-5-7-29(18-28)41(20-25-8-10-26(11-9-25)32-16-17-33(45-4)24(3)39-32)36(43)27-12-14-31(15-13-27)46-37(44)40-21-30(42)22-40/h5-7,16-19,23,25-27,30-31,42H,8-15,20-22H2,1-4H3. The van der Waals surface area contributed by atoms with E-state index in [4.69, 9.17) is 14.5 Å². The first-order valence-electron chi connectivity index (χ1n) is 17.2. The number of likely N-dealkylation sites (tertiary alicyclic amines) is 1. The molecule has 3 aliphatic rings. The molecule has 0 radical (unpaired) electrons. The Kier molecular flexibility index (Phi) is 10.5. The molecule has 6 rings (SSSR count). The number of methoxy groups -OCH3 is 1. The zero-order valence-electron chi connectivity index (χ0n) is 28.1. The van der Waals surface area contributed by atoms with Crippen molar-refractivity contribution in [3.05, 3.63) is 59.0 Å². The highest BCUT2D eigenvalue weighted by molar-refractivity contribution is 7.15. The van der Waals surface area contributed by atoms with E-state index >= 15 is 0 Å². The molecule has 252 valence electrons. The van der Waals surface area contributed by atoms with Gasteiger partial charge in [0.05, 0.1) is 41.9 Å². The summed E-state index contributed by atoms with van der Waals surface area (Å²) in [6.45, 7) is 7.67. The summed E-state index contributed by atoms with van der Waals surface area (Å²) in [6.07, 6.45) is 7.87. The topological polar surface area (TPSA) is 105 Å². The van der Waals surface area contributed by atoms with Crippen LogP contribution in [-0.2, 0) is 9.53 Å². The summed E-state index contributed by atoms with van der Waals surface area (Å²) in [7, 11) is 1.68. The average molecular weight is 661 g/mol. The molecular weight excluding hydrogens is 612 g/mol. The van der Waals surface area contributed by atoms with Crippen molar-refractivity contribution in [1.29, 1.82) is 0 Å². The molecule has 0 bridgehead atoms. The number of aryl methyl sites for hydroxylation is 1. The molecule has 3 aromatic rings. The van der Waals surface area contributed by atoms with E-state index in [1.54, 1.807) is 18.4 Å². The molecule has 1 aromatic carbocycles. The van der Waals surface area contributed by atoms with Gasteiger partial charge in [0.15, 0.2) is 0 Å². The Morgan fingerprint density at radius 1 is 1.04 bits per heavy atom. The highest BCUT2D eigenvalue weighted by atomic mass is 32.1. The van der Waals surface area contributed by atoms with Crippen LogP contribution in [0.25, 0.3) is 10.4 Å². The predicted molar refractivity (Wildman–Crippen MR) is 184 cm³/mol. The normalized spacial score (nSPS) is 23.3. The molecule has 0 atom stereocenters. The Hall–Kier alpha value is -3.50. The highest BCUT2D eigenvalue weighted by Crippen LogP contribution is 2.39. The second-order valence-electron chi connectivity index (χ2n) is 13.9. The van der Waals surface area contributed by atoms with E-state index in [9.17, 15) is 14.7 Å². The number of benzene rings is 1. The first-order valence-corrected chi connectivity index (χ1v) is 18.0. The van der Waals surface area contributed by atoms with E-state index in [2.05, 4.69) is 49.2 Å². The second kappa shape index (κ2) is 14.7. The van der Waals surface area contributed by atoms with E-state index < -0.39 is 6.10 Å². The number of hydrogen-bond donors (Lipinski definition) is 1. The number of anilines is 1. The van der Waals surface area contributed by atoms with E-state index in [1.165, 1.54) is 4.90 Å². The van der Waals surface area contributed by atoms with Crippen LogP contribution in [0.2, 0.25) is 0 Å². The third kappa shape index (κ3) is 7.81. The number of β-amino-alcohol motifs (C(OH)–C–C–N with tert-alkyl or cyclic N) is 1. The van der Waals surface area contributed by atoms with Crippen LogP contribution in [-0.4, -0.2) is 70.9 Å². The zero-order valence-corrected chi connectivity index (χ0v) is 28.9. The van der Waals surface area contributed by atoms with E-state index in [-0.39, 0.29) is 24.0 Å². The maximum Gasteiger partial charge on any atom is 0.410 e. The molecule has 10 heteroatoms. The van der Waals surface area contributed by atoms with Gasteiger partial charge in [-0.3, -0.25) is 9.78 Å². The highest BCUT2D eigenvalue weighted by Gasteiger charge is 2.36. The Morgan fingerprint density at radius 3 is 2.43 bits per heavy atom. The van der Waals surface area contributed by atoms with Gasteiger partial charge in [0, 0.05) is 41.9 Å². The third-order valence-corrected chi connectivity index (χ3v) is 11.5. The van der Waals surface area contributed by atoms with Crippen LogP contribution in [0.1, 0.15) is 93.4 Å². The molecule has 2 aliphatic carbocycles. The molecule has 0 spiro atoms. The van der Waals surface area contributed by atoms with Gasteiger partial charge in [-0.25, -0.2) is 9.78 Å². The summed E-state index contributed by atoms with van der Waals surface area (Å²) in [6, 6.07) is 12.5. The SMILES string of the molecule is COc1ccc(C2CCC(CN(C(=O)C3CCC(OC(=O)N4CC(O)C4)CC3)c3cccc(-c4cnc(C(C)C)s4)c3)CC2)nc1C. The van der Waals surface area contributed by atoms with Crippen LogP contribution in [0.15, 0.2) is 42.6 Å². The fourth-order valence-corrected chi connectivity index (χ4v) is 8.13. The smallest absolute Gasteiger partial charge is 0.410 e. The lowest BCUT2D eigenvalue weighted by Crippen LogP contribution is -2.54. The van der Waals surface area contributed by atoms with Crippen LogP contribution in [0.5, 0.6) is 5.75 Å². The van der Waals surface area contributed by atoms with Gasteiger partial charge in [0.2, 0.25) is 5.91 Å². The van der Waals surface area contributed by atoms with Crippen LogP contribution in [0, 0.1) is 18.8 Å². The van der Waals surface area contributed by atoms with Crippen LogP contribution >= 0.6 is 11.3 Å². The molecular formula is C37H48N4O5S. The van der Waals surface area contributed by atoms with Gasteiger partial charge in [-0.2, -0.15) is 0 Å². The number of hydrogen-bond acceptors (Lipinski definition) is 8. The maximum absolute atomic E-state index is 14.4. The van der Waals surface area contributed by atoms with Gasteiger partial charge >= 0.3 is 6.09 Å². The monoisotopic (exact) mass is 660 g/mol.